The normalized spacial score (nSPS) is 25.4. The minimum absolute atomic E-state index is 0.203. The first-order valence-electron chi connectivity index (χ1n) is 8.70. The van der Waals surface area contributed by atoms with Crippen LogP contribution in [0.3, 0.4) is 0 Å². The molecule has 2 aromatic heterocycles. The molecule has 0 amide bonds. The lowest BCUT2D eigenvalue weighted by atomic mass is 10.1. The van der Waals surface area contributed by atoms with E-state index in [1.807, 2.05) is 0 Å². The first-order valence-corrected chi connectivity index (χ1v) is 8.70. The zero-order valence-corrected chi connectivity index (χ0v) is 15.0. The van der Waals surface area contributed by atoms with Crippen LogP contribution >= 0.6 is 0 Å². The summed E-state index contributed by atoms with van der Waals surface area (Å²) in [7, 11) is 0. The number of nitrogens with one attached hydrogen (secondary N) is 1. The summed E-state index contributed by atoms with van der Waals surface area (Å²) < 4.78 is 7.31. The summed E-state index contributed by atoms with van der Waals surface area (Å²) >= 11 is 0. The fraction of sp³-hybridized carbons (Fsp3) is 0.500. The van der Waals surface area contributed by atoms with Crippen molar-refractivity contribution in [1.82, 2.24) is 24.8 Å². The molecule has 3 rings (SSSR count). The summed E-state index contributed by atoms with van der Waals surface area (Å²) in [6, 6.07) is 0. The molecule has 1 aliphatic rings. The number of carbonyl (C=O) groups is 1. The van der Waals surface area contributed by atoms with E-state index in [0.717, 1.165) is 0 Å². The van der Waals surface area contributed by atoms with Gasteiger partial charge in [0.1, 0.15) is 30.2 Å². The van der Waals surface area contributed by atoms with Crippen LogP contribution in [0.5, 0.6) is 0 Å². The van der Waals surface area contributed by atoms with Crippen molar-refractivity contribution in [3.63, 3.8) is 0 Å². The molecule has 2 aromatic rings. The number of aromatic nitrogens is 4. The van der Waals surface area contributed by atoms with Crippen LogP contribution < -0.4 is 16.8 Å². The molecule has 3 heterocycles. The fourth-order valence-electron chi connectivity index (χ4n) is 3.03. The zero-order valence-electron chi connectivity index (χ0n) is 15.0. The zero-order chi connectivity index (χ0) is 20.3. The van der Waals surface area contributed by atoms with E-state index >= 15 is 0 Å². The molecule has 12 nitrogen and oxygen atoms in total. The molecule has 1 fully saturated rings. The van der Waals surface area contributed by atoms with Crippen LogP contribution in [0.4, 0.5) is 5.82 Å². The predicted octanol–water partition coefficient (Wildman–Crippen LogP) is -1.68. The highest BCUT2D eigenvalue weighted by Gasteiger charge is 2.44. The van der Waals surface area contributed by atoms with Crippen LogP contribution in [0.2, 0.25) is 0 Å². The van der Waals surface area contributed by atoms with Gasteiger partial charge in [-0.05, 0) is 13.0 Å². The Hall–Kier alpha value is -2.80. The molecule has 1 aliphatic heterocycles. The molecule has 0 radical (unpaired) electrons. The summed E-state index contributed by atoms with van der Waals surface area (Å²) in [5.74, 6) is -0.770. The Kier molecular flexibility index (Phi) is 6.04. The highest BCUT2D eigenvalue weighted by molar-refractivity contribution is 5.81. The maximum absolute atomic E-state index is 10.5. The Balaban J connectivity index is 1.57. The number of carboxylic acids is 1. The van der Waals surface area contributed by atoms with Gasteiger partial charge in [0, 0.05) is 12.2 Å². The number of carboxylic acid groups (broad SMARTS) is 1. The second-order valence-electron chi connectivity index (χ2n) is 6.47. The number of aliphatic hydroxyl groups is 2. The molecular formula is C16H23N7O5. The second-order valence-corrected chi connectivity index (χ2v) is 6.47. The van der Waals surface area contributed by atoms with Gasteiger partial charge in [-0.3, -0.25) is 9.36 Å². The first kappa shape index (κ1) is 19.9. The second kappa shape index (κ2) is 8.48. The Morgan fingerprint density at radius 2 is 2.11 bits per heavy atom. The van der Waals surface area contributed by atoms with Crippen LogP contribution in [0.15, 0.2) is 24.4 Å². The Morgan fingerprint density at radius 3 is 2.86 bits per heavy atom. The van der Waals surface area contributed by atoms with Gasteiger partial charge in [0.2, 0.25) is 0 Å². The number of aliphatic hydroxyl groups excluding tert-OH is 2. The molecular weight excluding hydrogens is 370 g/mol. The Morgan fingerprint density at radius 1 is 1.32 bits per heavy atom. The number of rotatable bonds is 8. The number of imidazole rings is 1. The topological polar surface area (TPSA) is 195 Å². The van der Waals surface area contributed by atoms with Crippen molar-refractivity contribution < 1.29 is 24.9 Å². The summed E-state index contributed by atoms with van der Waals surface area (Å²) in [5.41, 5.74) is 12.4. The Labute approximate surface area is 159 Å². The highest BCUT2D eigenvalue weighted by atomic mass is 16.6. The minimum Gasteiger partial charge on any atom is -0.481 e. The van der Waals surface area contributed by atoms with Gasteiger partial charge in [-0.15, -0.1) is 0 Å². The van der Waals surface area contributed by atoms with Gasteiger partial charge < -0.3 is 36.8 Å². The van der Waals surface area contributed by atoms with Gasteiger partial charge >= 0.3 is 5.97 Å². The minimum atomic E-state index is -1.17. The van der Waals surface area contributed by atoms with Crippen molar-refractivity contribution in [3.05, 3.63) is 24.4 Å². The third kappa shape index (κ3) is 4.20. The molecule has 0 bridgehead atoms. The third-order valence-electron chi connectivity index (χ3n) is 4.43. The number of aliphatic carboxylic acids is 1. The number of fused-ring (bicyclic) bond motifs is 1. The van der Waals surface area contributed by atoms with Crippen molar-refractivity contribution in [3.8, 4) is 0 Å². The van der Waals surface area contributed by atoms with Gasteiger partial charge in [-0.25, -0.2) is 15.0 Å². The van der Waals surface area contributed by atoms with Crippen molar-refractivity contribution in [1.29, 1.82) is 0 Å². The molecule has 0 aliphatic carbocycles. The standard InChI is InChI=1S/C16H23N7O5/c17-8(4-10(24)25)2-1-3-19-5-9-12(26)13(27)16(28-9)23-7-22-11-14(18)20-6-21-15(11)23/h2,6-7,9,12-13,16,19,26-27H,1,3-5,17H2,(H,24,25)(H2,18,20,21)/b8-2-/t9-,12-,13-,16-/m1/s1. The molecule has 0 aromatic carbocycles. The number of nitrogens with zero attached hydrogens (tertiary/aromatic N) is 4. The van der Waals surface area contributed by atoms with Crippen LogP contribution in [-0.2, 0) is 9.53 Å². The lowest BCUT2D eigenvalue weighted by Crippen LogP contribution is -2.38. The van der Waals surface area contributed by atoms with Crippen LogP contribution in [0.25, 0.3) is 11.2 Å². The predicted molar refractivity (Wildman–Crippen MR) is 97.7 cm³/mol. The van der Waals surface area contributed by atoms with Gasteiger partial charge in [0.15, 0.2) is 17.7 Å². The Bertz CT molecular complexity index is 870. The van der Waals surface area contributed by atoms with Crippen molar-refractivity contribution in [2.75, 3.05) is 18.8 Å². The van der Waals surface area contributed by atoms with Crippen molar-refractivity contribution in [2.45, 2.75) is 37.4 Å². The number of nitrogen functional groups attached to an aromatic ring is 1. The van der Waals surface area contributed by atoms with Gasteiger partial charge in [0.25, 0.3) is 0 Å². The van der Waals surface area contributed by atoms with Crippen LogP contribution in [0.1, 0.15) is 19.1 Å². The summed E-state index contributed by atoms with van der Waals surface area (Å²) in [6.07, 6.45) is 0.865. The van der Waals surface area contributed by atoms with Gasteiger partial charge in [-0.2, -0.15) is 0 Å². The average molecular weight is 393 g/mol. The maximum Gasteiger partial charge on any atom is 0.309 e. The fourth-order valence-corrected chi connectivity index (χ4v) is 3.03. The van der Waals surface area contributed by atoms with E-state index < -0.39 is 30.5 Å². The molecule has 152 valence electrons. The molecule has 1 saturated heterocycles. The maximum atomic E-state index is 10.5. The van der Waals surface area contributed by atoms with Crippen LogP contribution in [-0.4, -0.2) is 72.2 Å². The average Bonchev–Trinajstić information content (AvgIpc) is 3.18. The number of hydrogen-bond acceptors (Lipinski definition) is 10. The number of ether oxygens (including phenoxy) is 1. The van der Waals surface area contributed by atoms with E-state index in [-0.39, 0.29) is 24.5 Å². The monoisotopic (exact) mass is 393 g/mol. The van der Waals surface area contributed by atoms with Gasteiger partial charge in [-0.1, -0.05) is 6.08 Å². The lowest BCUT2D eigenvalue weighted by molar-refractivity contribution is -0.136. The molecule has 4 atom stereocenters. The van der Waals surface area contributed by atoms with E-state index in [1.54, 1.807) is 6.08 Å². The highest BCUT2D eigenvalue weighted by Crippen LogP contribution is 2.31. The number of nitrogens with two attached hydrogens (primary N) is 2. The summed E-state index contributed by atoms with van der Waals surface area (Å²) in [5, 5.41) is 32.4. The SMILES string of the molecule is N/C(=C\CCNC[C@H]1O[C@@H](n2cnc3c(N)ncnc32)[C@H](O)[C@@H]1O)CC(=O)O. The van der Waals surface area contributed by atoms with Gasteiger partial charge in [0.05, 0.1) is 12.7 Å². The number of hydrogen-bond donors (Lipinski definition) is 6. The molecule has 28 heavy (non-hydrogen) atoms. The first-order chi connectivity index (χ1) is 13.4. The summed E-state index contributed by atoms with van der Waals surface area (Å²) in [4.78, 5) is 22.7. The molecule has 0 saturated carbocycles. The van der Waals surface area contributed by atoms with Crippen LogP contribution in [0, 0.1) is 0 Å². The van der Waals surface area contributed by atoms with E-state index in [9.17, 15) is 15.0 Å². The van der Waals surface area contributed by atoms with E-state index in [1.165, 1.54) is 17.2 Å². The molecule has 0 unspecified atom stereocenters. The van der Waals surface area contributed by atoms with E-state index in [0.29, 0.717) is 24.1 Å². The van der Waals surface area contributed by atoms with E-state index in [2.05, 4.69) is 20.3 Å². The largest absolute Gasteiger partial charge is 0.481 e. The third-order valence-corrected chi connectivity index (χ3v) is 4.43. The van der Waals surface area contributed by atoms with Crippen molar-refractivity contribution in [2.24, 2.45) is 5.73 Å². The lowest BCUT2D eigenvalue weighted by Gasteiger charge is -2.16. The quantitative estimate of drug-likeness (QED) is 0.280. The van der Waals surface area contributed by atoms with E-state index in [4.69, 9.17) is 21.3 Å². The smallest absolute Gasteiger partial charge is 0.309 e. The summed E-state index contributed by atoms with van der Waals surface area (Å²) in [6.45, 7) is 0.788. The molecule has 12 heteroatoms. The molecule has 8 N–H and O–H groups in total. The number of anilines is 1. The molecule has 0 spiro atoms. The van der Waals surface area contributed by atoms with Crippen molar-refractivity contribution >= 4 is 23.0 Å².